The number of rotatable bonds is 58. The molecule has 2 N–H and O–H groups in total. The molecule has 0 aliphatic rings. The van der Waals surface area contributed by atoms with Crippen LogP contribution in [0, 0.1) is 0 Å². The van der Waals surface area contributed by atoms with Crippen molar-refractivity contribution < 1.29 is 32.9 Å². The van der Waals surface area contributed by atoms with E-state index in [2.05, 4.69) is 104 Å². The lowest BCUT2D eigenvalue weighted by Crippen LogP contribution is -2.46. The summed E-state index contributed by atoms with van der Waals surface area (Å²) >= 11 is 0. The molecular formula is C67H123N2O6P. The first-order valence-corrected chi connectivity index (χ1v) is 33.4. The number of aliphatic hydroxyl groups is 1. The Labute approximate surface area is 471 Å². The van der Waals surface area contributed by atoms with Gasteiger partial charge in [-0.25, -0.2) is 0 Å². The van der Waals surface area contributed by atoms with Crippen molar-refractivity contribution in [1.82, 2.24) is 5.32 Å². The molecule has 0 aromatic rings. The minimum absolute atomic E-state index is 0.00119. The first-order chi connectivity index (χ1) is 37.0. The van der Waals surface area contributed by atoms with E-state index in [1.54, 1.807) is 0 Å². The van der Waals surface area contributed by atoms with Crippen molar-refractivity contribution in [3.63, 3.8) is 0 Å². The SMILES string of the molecule is CC/C=C\C/C=C\C/C=C\C/C=C\C/C=C\C/C=C\C/C=C\CCCCCC(=O)NC(COP(=O)([O-])OCC[N+](C)(C)C)C(O)CCCCCCCCCCCCCCCCCCCCCCCCCCCCCCC. The van der Waals surface area contributed by atoms with Gasteiger partial charge in [0.2, 0.25) is 5.91 Å². The molecule has 0 aliphatic heterocycles. The van der Waals surface area contributed by atoms with Crippen LogP contribution in [0.5, 0.6) is 0 Å². The minimum Gasteiger partial charge on any atom is -0.756 e. The van der Waals surface area contributed by atoms with Crippen LogP contribution in [0.15, 0.2) is 85.1 Å². The number of allylic oxidation sites excluding steroid dienone is 14. The van der Waals surface area contributed by atoms with Crippen molar-refractivity contribution >= 4 is 13.7 Å². The third-order valence-corrected chi connectivity index (χ3v) is 15.1. The molecule has 3 unspecified atom stereocenters. The first-order valence-electron chi connectivity index (χ1n) is 31.9. The highest BCUT2D eigenvalue weighted by Crippen LogP contribution is 2.38. The van der Waals surface area contributed by atoms with E-state index in [0.717, 1.165) is 89.9 Å². The fourth-order valence-corrected chi connectivity index (χ4v) is 9.92. The zero-order valence-electron chi connectivity index (χ0n) is 50.4. The smallest absolute Gasteiger partial charge is 0.268 e. The van der Waals surface area contributed by atoms with Gasteiger partial charge in [-0.15, -0.1) is 0 Å². The minimum atomic E-state index is -4.59. The number of nitrogens with zero attached hydrogens (tertiary/aromatic N) is 1. The summed E-state index contributed by atoms with van der Waals surface area (Å²) in [5.41, 5.74) is 0. The Morgan fingerprint density at radius 1 is 0.474 bits per heavy atom. The van der Waals surface area contributed by atoms with Gasteiger partial charge in [-0.2, -0.15) is 0 Å². The van der Waals surface area contributed by atoms with Crippen LogP contribution in [0.2, 0.25) is 0 Å². The van der Waals surface area contributed by atoms with Crippen molar-refractivity contribution in [3.8, 4) is 0 Å². The Morgan fingerprint density at radius 2 is 0.803 bits per heavy atom. The monoisotopic (exact) mass is 1080 g/mol. The second-order valence-corrected chi connectivity index (χ2v) is 24.2. The van der Waals surface area contributed by atoms with E-state index < -0.39 is 20.0 Å². The van der Waals surface area contributed by atoms with Crippen molar-refractivity contribution in [2.45, 2.75) is 296 Å². The lowest BCUT2D eigenvalue weighted by Gasteiger charge is -2.30. The van der Waals surface area contributed by atoms with Gasteiger partial charge >= 0.3 is 0 Å². The largest absolute Gasteiger partial charge is 0.756 e. The number of hydrogen-bond acceptors (Lipinski definition) is 6. The predicted octanol–water partition coefficient (Wildman–Crippen LogP) is 19.4. The Balaban J connectivity index is 4.18. The number of carbonyl (C=O) groups is 1. The molecule has 8 nitrogen and oxygen atoms in total. The molecule has 0 aromatic heterocycles. The fourth-order valence-electron chi connectivity index (χ4n) is 9.20. The molecule has 3 atom stereocenters. The maximum absolute atomic E-state index is 13.0. The number of phosphoric ester groups is 1. The molecule has 76 heavy (non-hydrogen) atoms. The topological polar surface area (TPSA) is 108 Å². The Morgan fingerprint density at radius 3 is 1.16 bits per heavy atom. The molecule has 0 radical (unpaired) electrons. The molecule has 442 valence electrons. The summed E-state index contributed by atoms with van der Waals surface area (Å²) < 4.78 is 23.5. The quantitative estimate of drug-likeness (QED) is 0.0272. The van der Waals surface area contributed by atoms with Gasteiger partial charge in [-0.05, 0) is 70.6 Å². The van der Waals surface area contributed by atoms with E-state index >= 15 is 0 Å². The highest BCUT2D eigenvalue weighted by atomic mass is 31.2. The second-order valence-electron chi connectivity index (χ2n) is 22.7. The molecule has 0 saturated heterocycles. The van der Waals surface area contributed by atoms with Crippen LogP contribution in [0.25, 0.3) is 0 Å². The average Bonchev–Trinajstić information content (AvgIpc) is 3.38. The Bertz CT molecular complexity index is 1510. The number of hydrogen-bond donors (Lipinski definition) is 2. The number of amides is 1. The summed E-state index contributed by atoms with van der Waals surface area (Å²) in [6, 6.07) is -0.826. The standard InChI is InChI=1S/C67H123N2O6P/c1-6-8-10-12-14-16-18-20-22-24-26-28-30-32-33-34-35-37-38-40-42-44-46-48-50-52-54-56-58-60-66(70)65(64-75-76(72,73)74-63-62-69(3,4)5)68-67(71)61-59-57-55-53-51-49-47-45-43-41-39-36-31-29-27-25-23-21-19-17-15-13-11-9-7-2/h9,11,15,17,21,23,27,29,36,39,43,45,49,51,65-66,70H,6-8,10,12-14,16,18-20,22,24-26,28,30-35,37-38,40-42,44,46-48,50,52-64H2,1-5H3,(H-,68,71,72,73)/b11-9-,17-15-,23-21-,29-27-,39-36-,45-43-,51-49-. The lowest BCUT2D eigenvalue weighted by molar-refractivity contribution is -0.870. The number of carbonyl (C=O) groups excluding carboxylic acids is 1. The van der Waals surface area contributed by atoms with E-state index in [0.29, 0.717) is 23.9 Å². The van der Waals surface area contributed by atoms with Crippen LogP contribution in [0.1, 0.15) is 284 Å². The van der Waals surface area contributed by atoms with E-state index in [-0.39, 0.29) is 19.1 Å². The molecule has 9 heteroatoms. The van der Waals surface area contributed by atoms with E-state index in [1.807, 2.05) is 21.1 Å². The number of quaternary nitrogens is 1. The highest BCUT2D eigenvalue weighted by molar-refractivity contribution is 7.45. The normalized spacial score (nSPS) is 14.4. The Kier molecular flexibility index (Phi) is 55.6. The zero-order valence-corrected chi connectivity index (χ0v) is 51.3. The van der Waals surface area contributed by atoms with E-state index in [9.17, 15) is 19.4 Å². The van der Waals surface area contributed by atoms with Crippen LogP contribution in [0.3, 0.4) is 0 Å². The second kappa shape index (κ2) is 57.4. The molecule has 0 spiro atoms. The van der Waals surface area contributed by atoms with Crippen LogP contribution >= 0.6 is 7.82 Å². The van der Waals surface area contributed by atoms with Crippen molar-refractivity contribution in [2.75, 3.05) is 40.9 Å². The van der Waals surface area contributed by atoms with Gasteiger partial charge in [0.15, 0.2) is 0 Å². The molecule has 1 amide bonds. The molecule has 0 rings (SSSR count). The molecule has 0 aliphatic carbocycles. The molecular weight excluding hydrogens is 960 g/mol. The highest BCUT2D eigenvalue weighted by Gasteiger charge is 2.24. The van der Waals surface area contributed by atoms with Gasteiger partial charge in [0.25, 0.3) is 7.82 Å². The van der Waals surface area contributed by atoms with Gasteiger partial charge < -0.3 is 28.8 Å². The number of phosphoric acid groups is 1. The summed E-state index contributed by atoms with van der Waals surface area (Å²) in [7, 11) is 1.28. The third kappa shape index (κ3) is 59.3. The number of unbranched alkanes of at least 4 members (excludes halogenated alkanes) is 31. The molecule has 0 saturated carbocycles. The van der Waals surface area contributed by atoms with Crippen LogP contribution in [-0.4, -0.2) is 68.5 Å². The predicted molar refractivity (Wildman–Crippen MR) is 330 cm³/mol. The van der Waals surface area contributed by atoms with Crippen LogP contribution < -0.4 is 10.2 Å². The van der Waals surface area contributed by atoms with Gasteiger partial charge in [-0.1, -0.05) is 292 Å². The number of aliphatic hydroxyl groups excluding tert-OH is 1. The maximum Gasteiger partial charge on any atom is 0.268 e. The molecule has 0 heterocycles. The lowest BCUT2D eigenvalue weighted by atomic mass is 10.0. The third-order valence-electron chi connectivity index (χ3n) is 14.1. The summed E-state index contributed by atoms with van der Waals surface area (Å²) in [5, 5.41) is 14.0. The molecule has 0 bridgehead atoms. The average molecular weight is 1080 g/mol. The first kappa shape index (κ1) is 73.7. The summed E-state index contributed by atoms with van der Waals surface area (Å²) in [4.78, 5) is 25.6. The summed E-state index contributed by atoms with van der Waals surface area (Å²) in [6.45, 7) is 4.60. The van der Waals surface area contributed by atoms with Crippen molar-refractivity contribution in [1.29, 1.82) is 0 Å². The fraction of sp³-hybridized carbons (Fsp3) is 0.776. The van der Waals surface area contributed by atoms with Crippen LogP contribution in [0.4, 0.5) is 0 Å². The maximum atomic E-state index is 13.0. The summed E-state index contributed by atoms with van der Waals surface area (Å²) in [6.07, 6.45) is 80.7. The van der Waals surface area contributed by atoms with Crippen LogP contribution in [-0.2, 0) is 18.4 Å². The summed E-state index contributed by atoms with van der Waals surface area (Å²) in [5.74, 6) is -0.196. The van der Waals surface area contributed by atoms with Crippen molar-refractivity contribution in [3.05, 3.63) is 85.1 Å². The number of likely N-dealkylation sites (N-methyl/N-ethyl adjacent to an activating group) is 1. The van der Waals surface area contributed by atoms with Gasteiger partial charge in [0, 0.05) is 6.42 Å². The Hall–Kier alpha value is -2.32. The van der Waals surface area contributed by atoms with Crippen molar-refractivity contribution in [2.24, 2.45) is 0 Å². The zero-order chi connectivity index (χ0) is 55.6. The molecule has 0 fully saturated rings. The van der Waals surface area contributed by atoms with Gasteiger partial charge in [0.1, 0.15) is 13.2 Å². The van der Waals surface area contributed by atoms with Gasteiger partial charge in [-0.3, -0.25) is 9.36 Å². The van der Waals surface area contributed by atoms with E-state index in [1.165, 1.54) is 167 Å². The molecule has 0 aromatic carbocycles. The van der Waals surface area contributed by atoms with E-state index in [4.69, 9.17) is 9.05 Å². The number of nitrogens with one attached hydrogen (secondary N) is 1. The van der Waals surface area contributed by atoms with Gasteiger partial charge in [0.05, 0.1) is 39.9 Å².